The Morgan fingerprint density at radius 2 is 1.75 bits per heavy atom. The molecule has 5 heteroatoms. The molecule has 0 radical (unpaired) electrons. The summed E-state index contributed by atoms with van der Waals surface area (Å²) in [4.78, 5) is 16.5. The molecule has 0 aromatic heterocycles. The molecule has 0 bridgehead atoms. The standard InChI is InChI=1S/C19H30N2O3/c1-15(2)14-24-16(3)19(23)21-11-9-20(10-12-21)13-18(22)17-7-5-4-6-8-17/h4-8,15-16,18,22H,9-14H2,1-3H3/t16-,18+/m1/s1. The number of hydrogen-bond donors (Lipinski definition) is 1. The van der Waals surface area contributed by atoms with Crippen LogP contribution in [0.2, 0.25) is 0 Å². The first-order valence-corrected chi connectivity index (χ1v) is 8.83. The lowest BCUT2D eigenvalue weighted by Gasteiger charge is -2.36. The fraction of sp³-hybridized carbons (Fsp3) is 0.632. The fourth-order valence-corrected chi connectivity index (χ4v) is 2.84. The van der Waals surface area contributed by atoms with Crippen molar-refractivity contribution in [3.05, 3.63) is 35.9 Å². The number of carbonyl (C=O) groups excluding carboxylic acids is 1. The quantitative estimate of drug-likeness (QED) is 0.828. The predicted octanol–water partition coefficient (Wildman–Crippen LogP) is 1.93. The van der Waals surface area contributed by atoms with Gasteiger partial charge in [-0.05, 0) is 18.4 Å². The summed E-state index contributed by atoms with van der Waals surface area (Å²) in [5, 5.41) is 10.3. The highest BCUT2D eigenvalue weighted by molar-refractivity contribution is 5.80. The lowest BCUT2D eigenvalue weighted by atomic mass is 10.1. The summed E-state index contributed by atoms with van der Waals surface area (Å²) in [5.74, 6) is 0.496. The lowest BCUT2D eigenvalue weighted by molar-refractivity contribution is -0.145. The van der Waals surface area contributed by atoms with Crippen LogP contribution >= 0.6 is 0 Å². The summed E-state index contributed by atoms with van der Waals surface area (Å²) in [6.07, 6.45) is -0.865. The molecule has 1 fully saturated rings. The van der Waals surface area contributed by atoms with E-state index in [2.05, 4.69) is 18.7 Å². The van der Waals surface area contributed by atoms with Gasteiger partial charge in [0.25, 0.3) is 5.91 Å². The van der Waals surface area contributed by atoms with Crippen LogP contribution in [-0.2, 0) is 9.53 Å². The van der Waals surface area contributed by atoms with E-state index >= 15 is 0 Å². The third-order valence-electron chi connectivity index (χ3n) is 4.33. The zero-order valence-electron chi connectivity index (χ0n) is 15.0. The van der Waals surface area contributed by atoms with Crippen molar-refractivity contribution in [1.29, 1.82) is 0 Å². The van der Waals surface area contributed by atoms with Gasteiger partial charge in [-0.3, -0.25) is 9.69 Å². The van der Waals surface area contributed by atoms with Crippen molar-refractivity contribution in [2.24, 2.45) is 5.92 Å². The van der Waals surface area contributed by atoms with E-state index in [1.165, 1.54) is 0 Å². The van der Waals surface area contributed by atoms with Crippen LogP contribution in [0.25, 0.3) is 0 Å². The maximum atomic E-state index is 12.4. The Bertz CT molecular complexity index is 499. The Hall–Kier alpha value is -1.43. The second-order valence-corrected chi connectivity index (χ2v) is 6.92. The van der Waals surface area contributed by atoms with Crippen molar-refractivity contribution >= 4 is 5.91 Å². The zero-order valence-corrected chi connectivity index (χ0v) is 15.0. The highest BCUT2D eigenvalue weighted by Gasteiger charge is 2.26. The van der Waals surface area contributed by atoms with Gasteiger partial charge in [0.15, 0.2) is 0 Å². The molecule has 1 aliphatic heterocycles. The van der Waals surface area contributed by atoms with Gasteiger partial charge in [0.2, 0.25) is 0 Å². The van der Waals surface area contributed by atoms with Crippen LogP contribution in [0.1, 0.15) is 32.4 Å². The Labute approximate surface area is 145 Å². The van der Waals surface area contributed by atoms with E-state index in [1.807, 2.05) is 42.2 Å². The van der Waals surface area contributed by atoms with E-state index in [4.69, 9.17) is 4.74 Å². The van der Waals surface area contributed by atoms with Gasteiger partial charge in [-0.15, -0.1) is 0 Å². The molecule has 0 unspecified atom stereocenters. The monoisotopic (exact) mass is 334 g/mol. The average molecular weight is 334 g/mol. The van der Waals surface area contributed by atoms with Crippen molar-refractivity contribution in [2.45, 2.75) is 33.0 Å². The number of aliphatic hydroxyl groups excluding tert-OH is 1. The van der Waals surface area contributed by atoms with Crippen LogP contribution in [-0.4, -0.2) is 66.2 Å². The Morgan fingerprint density at radius 3 is 2.33 bits per heavy atom. The number of nitrogens with zero attached hydrogens (tertiary/aromatic N) is 2. The molecule has 2 atom stereocenters. The smallest absolute Gasteiger partial charge is 0.251 e. The first-order valence-electron chi connectivity index (χ1n) is 8.83. The fourth-order valence-electron chi connectivity index (χ4n) is 2.84. The largest absolute Gasteiger partial charge is 0.387 e. The summed E-state index contributed by atoms with van der Waals surface area (Å²) in [5.41, 5.74) is 0.937. The van der Waals surface area contributed by atoms with Gasteiger partial charge < -0.3 is 14.7 Å². The van der Waals surface area contributed by atoms with Crippen molar-refractivity contribution in [3.8, 4) is 0 Å². The highest BCUT2D eigenvalue weighted by atomic mass is 16.5. The minimum absolute atomic E-state index is 0.0684. The second-order valence-electron chi connectivity index (χ2n) is 6.92. The lowest BCUT2D eigenvalue weighted by Crippen LogP contribution is -2.52. The van der Waals surface area contributed by atoms with Crippen LogP contribution in [0.4, 0.5) is 0 Å². The van der Waals surface area contributed by atoms with E-state index in [-0.39, 0.29) is 12.0 Å². The molecule has 1 N–H and O–H groups in total. The Balaban J connectivity index is 1.75. The number of hydrogen-bond acceptors (Lipinski definition) is 4. The molecule has 1 amide bonds. The van der Waals surface area contributed by atoms with Gasteiger partial charge in [0, 0.05) is 39.3 Å². The topological polar surface area (TPSA) is 53.0 Å². The number of carbonyl (C=O) groups is 1. The van der Waals surface area contributed by atoms with Crippen LogP contribution in [0.3, 0.4) is 0 Å². The molecular formula is C19H30N2O3. The normalized spacial score (nSPS) is 18.6. The molecule has 1 saturated heterocycles. The van der Waals surface area contributed by atoms with E-state index in [1.54, 1.807) is 0 Å². The van der Waals surface area contributed by atoms with Crippen molar-refractivity contribution in [1.82, 2.24) is 9.80 Å². The molecular weight excluding hydrogens is 304 g/mol. The third kappa shape index (κ3) is 5.58. The van der Waals surface area contributed by atoms with Crippen LogP contribution in [0, 0.1) is 5.92 Å². The molecule has 134 valence electrons. The average Bonchev–Trinajstić information content (AvgIpc) is 2.60. The SMILES string of the molecule is CC(C)CO[C@H](C)C(=O)N1CCN(C[C@H](O)c2ccccc2)CC1. The van der Waals surface area contributed by atoms with E-state index in [0.717, 1.165) is 18.7 Å². The first-order chi connectivity index (χ1) is 11.5. The maximum Gasteiger partial charge on any atom is 0.251 e. The van der Waals surface area contributed by atoms with Crippen LogP contribution < -0.4 is 0 Å². The van der Waals surface area contributed by atoms with Crippen LogP contribution in [0.15, 0.2) is 30.3 Å². The number of rotatable bonds is 7. The van der Waals surface area contributed by atoms with Crippen molar-refractivity contribution < 1.29 is 14.6 Å². The number of amides is 1. The molecule has 1 aliphatic rings. The molecule has 0 aliphatic carbocycles. The van der Waals surface area contributed by atoms with Gasteiger partial charge in [-0.1, -0.05) is 44.2 Å². The minimum atomic E-state index is -0.484. The summed E-state index contributed by atoms with van der Waals surface area (Å²) in [6.45, 7) is 10.1. The molecule has 0 spiro atoms. The number of aliphatic hydroxyl groups is 1. The third-order valence-corrected chi connectivity index (χ3v) is 4.33. The van der Waals surface area contributed by atoms with Crippen LogP contribution in [0.5, 0.6) is 0 Å². The number of piperazine rings is 1. The molecule has 2 rings (SSSR count). The van der Waals surface area contributed by atoms with Crippen molar-refractivity contribution in [3.63, 3.8) is 0 Å². The van der Waals surface area contributed by atoms with Gasteiger partial charge >= 0.3 is 0 Å². The van der Waals surface area contributed by atoms with E-state index in [9.17, 15) is 9.90 Å². The molecule has 0 saturated carbocycles. The van der Waals surface area contributed by atoms with E-state index < -0.39 is 6.10 Å². The molecule has 24 heavy (non-hydrogen) atoms. The molecule has 1 heterocycles. The maximum absolute atomic E-state index is 12.4. The Kier molecular flexibility index (Phi) is 7.21. The molecule has 1 aromatic carbocycles. The van der Waals surface area contributed by atoms with Gasteiger partial charge in [-0.2, -0.15) is 0 Å². The van der Waals surface area contributed by atoms with Crippen molar-refractivity contribution in [2.75, 3.05) is 39.3 Å². The highest BCUT2D eigenvalue weighted by Crippen LogP contribution is 2.15. The van der Waals surface area contributed by atoms with E-state index in [0.29, 0.717) is 32.2 Å². The number of ether oxygens (including phenoxy) is 1. The zero-order chi connectivity index (χ0) is 17.5. The summed E-state index contributed by atoms with van der Waals surface area (Å²) >= 11 is 0. The summed E-state index contributed by atoms with van der Waals surface area (Å²) in [6, 6.07) is 9.71. The first kappa shape index (κ1) is 18.9. The van der Waals surface area contributed by atoms with Gasteiger partial charge in [0.05, 0.1) is 6.10 Å². The van der Waals surface area contributed by atoms with Gasteiger partial charge in [0.1, 0.15) is 6.10 Å². The minimum Gasteiger partial charge on any atom is -0.387 e. The predicted molar refractivity (Wildman–Crippen MR) is 94.7 cm³/mol. The summed E-state index contributed by atoms with van der Waals surface area (Å²) < 4.78 is 5.62. The molecule has 5 nitrogen and oxygen atoms in total. The Morgan fingerprint density at radius 1 is 1.12 bits per heavy atom. The van der Waals surface area contributed by atoms with Gasteiger partial charge in [-0.25, -0.2) is 0 Å². The molecule has 1 aromatic rings. The number of β-amino-alcohol motifs (C(OH)–C–C–N with tert-alkyl or cyclic N) is 1. The number of benzene rings is 1. The second kappa shape index (κ2) is 9.16. The summed E-state index contributed by atoms with van der Waals surface area (Å²) in [7, 11) is 0.